The molecule has 1 rings (SSSR count). The third-order valence-electron chi connectivity index (χ3n) is 2.49. The second kappa shape index (κ2) is 7.63. The van der Waals surface area contributed by atoms with Crippen molar-refractivity contribution in [2.75, 3.05) is 20.8 Å². The third-order valence-corrected chi connectivity index (χ3v) is 2.49. The van der Waals surface area contributed by atoms with Crippen LogP contribution in [0.3, 0.4) is 0 Å². The standard InChI is InChI=1S/C14H21NO4/c1-10(2)15-11(14(16)18-4)9-19-13-8-6-5-7-12(13)17-3/h5-8,10-11,15H,9H2,1-4H3. The third kappa shape index (κ3) is 4.79. The number of para-hydroxylation sites is 2. The van der Waals surface area contributed by atoms with Gasteiger partial charge in [-0.15, -0.1) is 0 Å². The maximum Gasteiger partial charge on any atom is 0.326 e. The molecule has 0 spiro atoms. The lowest BCUT2D eigenvalue weighted by Gasteiger charge is -2.20. The predicted octanol–water partition coefficient (Wildman–Crippen LogP) is 1.61. The lowest BCUT2D eigenvalue weighted by Crippen LogP contribution is -2.45. The summed E-state index contributed by atoms with van der Waals surface area (Å²) in [5.41, 5.74) is 0. The van der Waals surface area contributed by atoms with Crippen LogP contribution in [0.15, 0.2) is 24.3 Å². The minimum absolute atomic E-state index is 0.158. The van der Waals surface area contributed by atoms with Crippen molar-refractivity contribution < 1.29 is 19.0 Å². The molecular weight excluding hydrogens is 246 g/mol. The lowest BCUT2D eigenvalue weighted by molar-refractivity contribution is -0.144. The van der Waals surface area contributed by atoms with Gasteiger partial charge in [0.05, 0.1) is 14.2 Å². The summed E-state index contributed by atoms with van der Waals surface area (Å²) in [5, 5.41) is 3.10. The summed E-state index contributed by atoms with van der Waals surface area (Å²) < 4.78 is 15.6. The fourth-order valence-corrected chi connectivity index (χ4v) is 1.64. The molecule has 1 aromatic carbocycles. The fourth-order valence-electron chi connectivity index (χ4n) is 1.64. The second-order valence-corrected chi connectivity index (χ2v) is 4.36. The van der Waals surface area contributed by atoms with Gasteiger partial charge in [-0.1, -0.05) is 26.0 Å². The fraction of sp³-hybridized carbons (Fsp3) is 0.500. The first-order valence-corrected chi connectivity index (χ1v) is 6.18. The summed E-state index contributed by atoms with van der Waals surface area (Å²) in [5.74, 6) is 0.892. The maximum absolute atomic E-state index is 11.6. The lowest BCUT2D eigenvalue weighted by atomic mass is 10.2. The molecule has 0 aliphatic heterocycles. The summed E-state index contributed by atoms with van der Waals surface area (Å²) in [4.78, 5) is 11.6. The highest BCUT2D eigenvalue weighted by Crippen LogP contribution is 2.25. The van der Waals surface area contributed by atoms with Crippen molar-refractivity contribution >= 4 is 5.97 Å². The van der Waals surface area contributed by atoms with Gasteiger partial charge in [-0.05, 0) is 12.1 Å². The number of esters is 1. The molecule has 0 radical (unpaired) electrons. The summed E-state index contributed by atoms with van der Waals surface area (Å²) in [6.45, 7) is 4.10. The molecule has 0 aliphatic rings. The van der Waals surface area contributed by atoms with E-state index in [-0.39, 0.29) is 18.6 Å². The molecular formula is C14H21NO4. The predicted molar refractivity (Wildman–Crippen MR) is 72.6 cm³/mol. The number of nitrogens with one attached hydrogen (secondary N) is 1. The molecule has 0 aromatic heterocycles. The van der Waals surface area contributed by atoms with Gasteiger partial charge in [0.2, 0.25) is 0 Å². The van der Waals surface area contributed by atoms with Gasteiger partial charge in [0.15, 0.2) is 11.5 Å². The average molecular weight is 267 g/mol. The van der Waals surface area contributed by atoms with Crippen LogP contribution in [0.2, 0.25) is 0 Å². The number of ether oxygens (including phenoxy) is 3. The van der Waals surface area contributed by atoms with E-state index in [0.29, 0.717) is 11.5 Å². The van der Waals surface area contributed by atoms with Gasteiger partial charge < -0.3 is 14.2 Å². The molecule has 0 aliphatic carbocycles. The quantitative estimate of drug-likeness (QED) is 0.761. The average Bonchev–Trinajstić information content (AvgIpc) is 2.42. The number of methoxy groups -OCH3 is 2. The van der Waals surface area contributed by atoms with E-state index in [2.05, 4.69) is 5.32 Å². The zero-order chi connectivity index (χ0) is 14.3. The summed E-state index contributed by atoms with van der Waals surface area (Å²) in [6, 6.07) is 6.96. The van der Waals surface area contributed by atoms with Gasteiger partial charge in [-0.2, -0.15) is 0 Å². The van der Waals surface area contributed by atoms with E-state index in [1.54, 1.807) is 19.2 Å². The van der Waals surface area contributed by atoms with Crippen molar-refractivity contribution in [1.29, 1.82) is 0 Å². The number of rotatable bonds is 7. The second-order valence-electron chi connectivity index (χ2n) is 4.36. The van der Waals surface area contributed by atoms with Crippen molar-refractivity contribution in [3.63, 3.8) is 0 Å². The Labute approximate surface area is 113 Å². The highest BCUT2D eigenvalue weighted by Gasteiger charge is 2.21. The molecule has 0 amide bonds. The van der Waals surface area contributed by atoms with Crippen LogP contribution < -0.4 is 14.8 Å². The Bertz CT molecular complexity index is 406. The Hall–Kier alpha value is -1.75. The van der Waals surface area contributed by atoms with Crippen LogP contribution in [0.1, 0.15) is 13.8 Å². The topological polar surface area (TPSA) is 56.8 Å². The van der Waals surface area contributed by atoms with Crippen LogP contribution in [-0.2, 0) is 9.53 Å². The van der Waals surface area contributed by atoms with E-state index in [1.807, 2.05) is 26.0 Å². The van der Waals surface area contributed by atoms with E-state index < -0.39 is 6.04 Å². The minimum atomic E-state index is -0.505. The summed E-state index contributed by atoms with van der Waals surface area (Å²) >= 11 is 0. The van der Waals surface area contributed by atoms with Crippen molar-refractivity contribution in [3.8, 4) is 11.5 Å². The molecule has 1 unspecified atom stereocenters. The molecule has 5 heteroatoms. The summed E-state index contributed by atoms with van der Waals surface area (Å²) in [6.07, 6.45) is 0. The highest BCUT2D eigenvalue weighted by molar-refractivity contribution is 5.75. The van der Waals surface area contributed by atoms with Crippen LogP contribution in [0.5, 0.6) is 11.5 Å². The van der Waals surface area contributed by atoms with Crippen LogP contribution in [0.25, 0.3) is 0 Å². The van der Waals surface area contributed by atoms with Crippen LogP contribution >= 0.6 is 0 Å². The summed E-state index contributed by atoms with van der Waals surface area (Å²) in [7, 11) is 2.94. The van der Waals surface area contributed by atoms with Gasteiger partial charge in [0.1, 0.15) is 12.6 Å². The highest BCUT2D eigenvalue weighted by atomic mass is 16.5. The largest absolute Gasteiger partial charge is 0.493 e. The van der Waals surface area contributed by atoms with Gasteiger partial charge in [0, 0.05) is 6.04 Å². The Balaban J connectivity index is 2.67. The molecule has 0 saturated carbocycles. The zero-order valence-corrected chi connectivity index (χ0v) is 11.8. The van der Waals surface area contributed by atoms with Gasteiger partial charge in [-0.25, -0.2) is 0 Å². The Kier molecular flexibility index (Phi) is 6.15. The molecule has 0 fully saturated rings. The van der Waals surface area contributed by atoms with Crippen molar-refractivity contribution in [3.05, 3.63) is 24.3 Å². The smallest absolute Gasteiger partial charge is 0.326 e. The van der Waals surface area contributed by atoms with E-state index in [1.165, 1.54) is 7.11 Å². The van der Waals surface area contributed by atoms with Gasteiger partial charge in [-0.3, -0.25) is 10.1 Å². The van der Waals surface area contributed by atoms with Crippen molar-refractivity contribution in [1.82, 2.24) is 5.32 Å². The molecule has 0 bridgehead atoms. The van der Waals surface area contributed by atoms with Gasteiger partial charge in [0.25, 0.3) is 0 Å². The molecule has 0 saturated heterocycles. The van der Waals surface area contributed by atoms with Gasteiger partial charge >= 0.3 is 5.97 Å². The molecule has 106 valence electrons. The molecule has 19 heavy (non-hydrogen) atoms. The van der Waals surface area contributed by atoms with Crippen LogP contribution in [-0.4, -0.2) is 38.9 Å². The zero-order valence-electron chi connectivity index (χ0n) is 11.8. The Morgan fingerprint density at radius 1 is 1.21 bits per heavy atom. The Morgan fingerprint density at radius 2 is 1.84 bits per heavy atom. The molecule has 1 aromatic rings. The monoisotopic (exact) mass is 267 g/mol. The van der Waals surface area contributed by atoms with Crippen LogP contribution in [0.4, 0.5) is 0 Å². The van der Waals surface area contributed by atoms with Crippen molar-refractivity contribution in [2.24, 2.45) is 0 Å². The number of hydrogen-bond donors (Lipinski definition) is 1. The number of carbonyl (C=O) groups excluding carboxylic acids is 1. The van der Waals surface area contributed by atoms with E-state index in [0.717, 1.165) is 0 Å². The molecule has 1 N–H and O–H groups in total. The first-order chi connectivity index (χ1) is 9.08. The number of benzene rings is 1. The maximum atomic E-state index is 11.6. The Morgan fingerprint density at radius 3 is 2.37 bits per heavy atom. The molecule has 0 heterocycles. The van der Waals surface area contributed by atoms with E-state index in [9.17, 15) is 4.79 Å². The van der Waals surface area contributed by atoms with E-state index in [4.69, 9.17) is 14.2 Å². The normalized spacial score (nSPS) is 12.1. The molecule has 5 nitrogen and oxygen atoms in total. The first kappa shape index (κ1) is 15.3. The molecule has 1 atom stereocenters. The number of hydrogen-bond acceptors (Lipinski definition) is 5. The SMILES string of the molecule is COC(=O)C(COc1ccccc1OC)NC(C)C. The van der Waals surface area contributed by atoms with Crippen molar-refractivity contribution in [2.45, 2.75) is 25.9 Å². The minimum Gasteiger partial charge on any atom is -0.493 e. The number of carbonyl (C=O) groups is 1. The van der Waals surface area contributed by atoms with Crippen LogP contribution in [0, 0.1) is 0 Å². The first-order valence-electron chi connectivity index (χ1n) is 6.18. The van der Waals surface area contributed by atoms with E-state index >= 15 is 0 Å².